The molecule has 0 radical (unpaired) electrons. The number of benzene rings is 1. The van der Waals surface area contributed by atoms with Gasteiger partial charge in [-0.2, -0.15) is 26.3 Å². The molecule has 2 aromatic heterocycles. The topological polar surface area (TPSA) is 60.8 Å². The predicted molar refractivity (Wildman–Crippen MR) is 102 cm³/mol. The quantitative estimate of drug-likeness (QED) is 0.387. The molecule has 168 valence electrons. The molecule has 0 bridgehead atoms. The molecule has 12 heteroatoms. The van der Waals surface area contributed by atoms with Gasteiger partial charge in [0.1, 0.15) is 5.75 Å². The number of halogens is 7. The molecule has 0 aliphatic heterocycles. The van der Waals surface area contributed by atoms with Crippen molar-refractivity contribution in [3.8, 4) is 11.8 Å². The number of rotatable bonds is 5. The summed E-state index contributed by atoms with van der Waals surface area (Å²) in [6, 6.07) is 3.93. The van der Waals surface area contributed by atoms with E-state index in [9.17, 15) is 26.3 Å². The standard InChI is InChI=1S/C17H11ClF6N4O.C2H6/c18-9-7-25-15(26-8-9)29-12-5-1-3-10-13(12)11(4-2-6-16(19,20)21)28-14(27-10)17(22,23)24;1-2/h1,3,5,7-8H,2,4,6H2;1-2H3. The van der Waals surface area contributed by atoms with Crippen LogP contribution in [0.25, 0.3) is 10.9 Å². The van der Waals surface area contributed by atoms with Gasteiger partial charge in [-0.15, -0.1) is 0 Å². The molecule has 0 atom stereocenters. The Morgan fingerprint density at radius 3 is 2.19 bits per heavy atom. The number of nitrogens with zero attached hydrogens (tertiary/aromatic N) is 4. The minimum Gasteiger partial charge on any atom is -0.424 e. The zero-order valence-electron chi connectivity index (χ0n) is 16.4. The van der Waals surface area contributed by atoms with Crippen LogP contribution in [0.4, 0.5) is 26.3 Å². The summed E-state index contributed by atoms with van der Waals surface area (Å²) in [6.07, 6.45) is -8.77. The van der Waals surface area contributed by atoms with Crippen LogP contribution in [0.15, 0.2) is 30.6 Å². The van der Waals surface area contributed by atoms with Gasteiger partial charge in [0, 0.05) is 6.42 Å². The molecule has 3 aromatic rings. The number of aromatic nitrogens is 4. The first kappa shape index (κ1) is 24.6. The van der Waals surface area contributed by atoms with Crippen LogP contribution in [-0.4, -0.2) is 26.1 Å². The van der Waals surface area contributed by atoms with E-state index >= 15 is 0 Å². The third kappa shape index (κ3) is 6.91. The van der Waals surface area contributed by atoms with Gasteiger partial charge in [0.05, 0.1) is 34.0 Å². The van der Waals surface area contributed by atoms with E-state index in [1.54, 1.807) is 0 Å². The minimum absolute atomic E-state index is 0.0144. The van der Waals surface area contributed by atoms with Gasteiger partial charge in [-0.1, -0.05) is 31.5 Å². The lowest BCUT2D eigenvalue weighted by Crippen LogP contribution is -2.14. The van der Waals surface area contributed by atoms with Crippen molar-refractivity contribution in [2.24, 2.45) is 0 Å². The van der Waals surface area contributed by atoms with Crippen molar-refractivity contribution in [3.05, 3.63) is 47.1 Å². The maximum atomic E-state index is 13.1. The van der Waals surface area contributed by atoms with Crippen molar-refractivity contribution in [3.63, 3.8) is 0 Å². The molecule has 1 aromatic carbocycles. The van der Waals surface area contributed by atoms with Gasteiger partial charge in [-0.25, -0.2) is 19.9 Å². The van der Waals surface area contributed by atoms with Crippen molar-refractivity contribution in [1.29, 1.82) is 0 Å². The molecule has 0 unspecified atom stereocenters. The molecule has 0 N–H and O–H groups in total. The lowest BCUT2D eigenvalue weighted by molar-refractivity contribution is -0.145. The number of hydrogen-bond acceptors (Lipinski definition) is 5. The molecule has 2 heterocycles. The van der Waals surface area contributed by atoms with Crippen molar-refractivity contribution >= 4 is 22.5 Å². The van der Waals surface area contributed by atoms with Crippen molar-refractivity contribution < 1.29 is 31.1 Å². The maximum absolute atomic E-state index is 13.1. The molecule has 0 aliphatic rings. The highest BCUT2D eigenvalue weighted by Gasteiger charge is 2.36. The zero-order valence-corrected chi connectivity index (χ0v) is 17.1. The molecule has 0 saturated heterocycles. The zero-order chi connectivity index (χ0) is 23.2. The van der Waals surface area contributed by atoms with Crippen molar-refractivity contribution in [2.75, 3.05) is 0 Å². The van der Waals surface area contributed by atoms with Gasteiger partial charge >= 0.3 is 18.4 Å². The molecule has 0 amide bonds. The normalized spacial score (nSPS) is 11.8. The average Bonchev–Trinajstić information content (AvgIpc) is 2.69. The molecule has 5 nitrogen and oxygen atoms in total. The van der Waals surface area contributed by atoms with E-state index < -0.39 is 31.0 Å². The van der Waals surface area contributed by atoms with E-state index in [1.165, 1.54) is 30.6 Å². The molecule has 0 spiro atoms. The second kappa shape index (κ2) is 10.1. The number of ether oxygens (including phenoxy) is 1. The van der Waals surface area contributed by atoms with Crippen LogP contribution in [0.3, 0.4) is 0 Å². The minimum atomic E-state index is -4.86. The van der Waals surface area contributed by atoms with Gasteiger partial charge in [-0.3, -0.25) is 0 Å². The van der Waals surface area contributed by atoms with Gasteiger partial charge in [0.15, 0.2) is 0 Å². The summed E-state index contributed by atoms with van der Waals surface area (Å²) in [7, 11) is 0. The second-order valence-corrected chi connectivity index (χ2v) is 6.33. The van der Waals surface area contributed by atoms with Crippen LogP contribution in [-0.2, 0) is 12.6 Å². The lowest BCUT2D eigenvalue weighted by atomic mass is 10.1. The molecule has 0 fully saturated rings. The molecular weight excluding hydrogens is 450 g/mol. The Bertz CT molecular complexity index is 1010. The summed E-state index contributed by atoms with van der Waals surface area (Å²) < 4.78 is 82.3. The fourth-order valence-electron chi connectivity index (χ4n) is 2.53. The van der Waals surface area contributed by atoms with Crippen LogP contribution in [0.1, 0.15) is 38.2 Å². The van der Waals surface area contributed by atoms with Gasteiger partial charge in [0.2, 0.25) is 5.82 Å². The highest BCUT2D eigenvalue weighted by molar-refractivity contribution is 6.30. The summed E-state index contributed by atoms with van der Waals surface area (Å²) in [4.78, 5) is 14.6. The number of hydrogen-bond donors (Lipinski definition) is 0. The maximum Gasteiger partial charge on any atom is 0.451 e. The number of alkyl halides is 6. The van der Waals surface area contributed by atoms with E-state index in [4.69, 9.17) is 16.3 Å². The lowest BCUT2D eigenvalue weighted by Gasteiger charge is -2.14. The number of fused-ring (bicyclic) bond motifs is 1. The highest BCUT2D eigenvalue weighted by atomic mass is 35.5. The van der Waals surface area contributed by atoms with Gasteiger partial charge in [0.25, 0.3) is 0 Å². The van der Waals surface area contributed by atoms with Crippen LogP contribution in [0.5, 0.6) is 11.8 Å². The van der Waals surface area contributed by atoms with Crippen LogP contribution < -0.4 is 4.74 Å². The molecular formula is C19H17ClF6N4O. The Hall–Kier alpha value is -2.69. The SMILES string of the molecule is CC.FC(F)(F)CCCc1nc(C(F)(F)F)nc2cccc(Oc3ncc(Cl)cn3)c12. The molecule has 0 aliphatic carbocycles. The first-order chi connectivity index (χ1) is 14.5. The van der Waals surface area contributed by atoms with Crippen LogP contribution in [0, 0.1) is 0 Å². The first-order valence-corrected chi connectivity index (χ1v) is 9.50. The third-order valence-corrected chi connectivity index (χ3v) is 3.88. The fourth-order valence-corrected chi connectivity index (χ4v) is 2.62. The van der Waals surface area contributed by atoms with E-state index in [0.717, 1.165) is 0 Å². The Balaban J connectivity index is 0.00000166. The number of aryl methyl sites for hydroxylation is 1. The van der Waals surface area contributed by atoms with Crippen molar-refractivity contribution in [2.45, 2.75) is 45.5 Å². The van der Waals surface area contributed by atoms with Crippen LogP contribution in [0.2, 0.25) is 5.02 Å². The smallest absolute Gasteiger partial charge is 0.424 e. The largest absolute Gasteiger partial charge is 0.451 e. The van der Waals surface area contributed by atoms with Crippen LogP contribution >= 0.6 is 11.6 Å². The van der Waals surface area contributed by atoms with E-state index in [-0.39, 0.29) is 39.8 Å². The molecule has 0 saturated carbocycles. The molecule has 3 rings (SSSR count). The highest BCUT2D eigenvalue weighted by Crippen LogP contribution is 2.35. The summed E-state index contributed by atoms with van der Waals surface area (Å²) >= 11 is 5.69. The Morgan fingerprint density at radius 1 is 0.968 bits per heavy atom. The Kier molecular flexibility index (Phi) is 7.99. The third-order valence-electron chi connectivity index (χ3n) is 3.69. The monoisotopic (exact) mass is 466 g/mol. The van der Waals surface area contributed by atoms with Gasteiger partial charge in [-0.05, 0) is 25.0 Å². The van der Waals surface area contributed by atoms with E-state index in [1.807, 2.05) is 13.8 Å². The Morgan fingerprint density at radius 2 is 1.61 bits per heavy atom. The second-order valence-electron chi connectivity index (χ2n) is 5.90. The summed E-state index contributed by atoms with van der Waals surface area (Å²) in [5.41, 5.74) is -0.336. The van der Waals surface area contributed by atoms with E-state index in [2.05, 4.69) is 19.9 Å². The van der Waals surface area contributed by atoms with Gasteiger partial charge < -0.3 is 4.74 Å². The summed E-state index contributed by atoms with van der Waals surface area (Å²) in [5.74, 6) is -1.42. The molecule has 31 heavy (non-hydrogen) atoms. The van der Waals surface area contributed by atoms with E-state index in [0.29, 0.717) is 0 Å². The predicted octanol–water partition coefficient (Wildman–Crippen LogP) is 6.80. The Labute approximate surface area is 178 Å². The van der Waals surface area contributed by atoms with Crippen molar-refractivity contribution in [1.82, 2.24) is 19.9 Å². The average molecular weight is 467 g/mol. The summed E-state index contributed by atoms with van der Waals surface area (Å²) in [5, 5.41) is 0.294. The summed E-state index contributed by atoms with van der Waals surface area (Å²) in [6.45, 7) is 4.00. The first-order valence-electron chi connectivity index (χ1n) is 9.12. The fraction of sp³-hybridized carbons (Fsp3) is 0.368.